The van der Waals surface area contributed by atoms with Gasteiger partial charge < -0.3 is 9.80 Å². The Balaban J connectivity index is 1.32. The summed E-state index contributed by atoms with van der Waals surface area (Å²) in [5.74, 6) is 0.457. The fourth-order valence-corrected chi connectivity index (χ4v) is 3.76. The maximum atomic E-state index is 12.6. The Labute approximate surface area is 166 Å². The van der Waals surface area contributed by atoms with Crippen molar-refractivity contribution in [1.82, 2.24) is 30.0 Å². The summed E-state index contributed by atoms with van der Waals surface area (Å²) in [6.45, 7) is 4.13. The van der Waals surface area contributed by atoms with Gasteiger partial charge in [0.2, 0.25) is 11.7 Å². The van der Waals surface area contributed by atoms with Crippen LogP contribution in [0.15, 0.2) is 41.8 Å². The number of amides is 2. The van der Waals surface area contributed by atoms with E-state index in [1.54, 1.807) is 9.80 Å². The highest BCUT2D eigenvalue weighted by Gasteiger charge is 2.25. The number of aromatic nitrogens is 4. The first-order valence-corrected chi connectivity index (χ1v) is 9.93. The van der Waals surface area contributed by atoms with Crippen molar-refractivity contribution in [3.05, 3.63) is 52.2 Å². The first-order valence-electron chi connectivity index (χ1n) is 9.05. The molecular formula is C19H20N6O2S. The van der Waals surface area contributed by atoms with Crippen LogP contribution in [0.4, 0.5) is 0 Å². The Morgan fingerprint density at radius 1 is 1.04 bits per heavy atom. The Kier molecular flexibility index (Phi) is 5.16. The molecule has 9 heteroatoms. The van der Waals surface area contributed by atoms with E-state index in [1.807, 2.05) is 48.7 Å². The number of piperazine rings is 1. The first kappa shape index (κ1) is 18.3. The summed E-state index contributed by atoms with van der Waals surface area (Å²) in [6.07, 6.45) is 0. The molecule has 0 bridgehead atoms. The van der Waals surface area contributed by atoms with Crippen molar-refractivity contribution in [3.8, 4) is 11.4 Å². The van der Waals surface area contributed by atoms with Gasteiger partial charge >= 0.3 is 0 Å². The van der Waals surface area contributed by atoms with Gasteiger partial charge in [0.25, 0.3) is 5.91 Å². The number of hydrogen-bond acceptors (Lipinski definition) is 6. The third kappa shape index (κ3) is 3.94. The summed E-state index contributed by atoms with van der Waals surface area (Å²) in [5.41, 5.74) is 2.02. The molecular weight excluding hydrogens is 376 g/mol. The smallest absolute Gasteiger partial charge is 0.264 e. The quantitative estimate of drug-likeness (QED) is 0.670. The van der Waals surface area contributed by atoms with Crippen LogP contribution in [0.2, 0.25) is 0 Å². The van der Waals surface area contributed by atoms with Crippen molar-refractivity contribution in [1.29, 1.82) is 0 Å². The van der Waals surface area contributed by atoms with Gasteiger partial charge in [-0.25, -0.2) is 0 Å². The molecule has 0 saturated carbocycles. The van der Waals surface area contributed by atoms with Crippen LogP contribution < -0.4 is 0 Å². The molecule has 1 fully saturated rings. The SMILES string of the molecule is Cc1ccc(-c2nnn(CC(=O)N3CCN(C(=O)c4cccs4)CC3)n2)cc1. The third-order valence-electron chi connectivity index (χ3n) is 4.69. The van der Waals surface area contributed by atoms with Crippen LogP contribution in [0.5, 0.6) is 0 Å². The summed E-state index contributed by atoms with van der Waals surface area (Å²) >= 11 is 1.44. The summed E-state index contributed by atoms with van der Waals surface area (Å²) in [5, 5.41) is 14.2. The second-order valence-corrected chi connectivity index (χ2v) is 7.61. The minimum atomic E-state index is -0.0731. The predicted octanol–water partition coefficient (Wildman–Crippen LogP) is 1.69. The molecule has 3 aromatic rings. The lowest BCUT2D eigenvalue weighted by Crippen LogP contribution is -2.51. The van der Waals surface area contributed by atoms with Gasteiger partial charge in [-0.3, -0.25) is 9.59 Å². The number of thiophene rings is 1. The van der Waals surface area contributed by atoms with E-state index < -0.39 is 0 Å². The van der Waals surface area contributed by atoms with E-state index in [-0.39, 0.29) is 18.4 Å². The molecule has 1 saturated heterocycles. The number of rotatable bonds is 4. The van der Waals surface area contributed by atoms with Gasteiger partial charge in [-0.15, -0.1) is 21.5 Å². The van der Waals surface area contributed by atoms with Crippen LogP contribution in [-0.4, -0.2) is 68.0 Å². The zero-order valence-electron chi connectivity index (χ0n) is 15.5. The lowest BCUT2D eigenvalue weighted by Gasteiger charge is -2.34. The van der Waals surface area contributed by atoms with E-state index in [0.29, 0.717) is 32.0 Å². The summed E-state index contributed by atoms with van der Waals surface area (Å²) < 4.78 is 0. The number of tetrazole rings is 1. The maximum Gasteiger partial charge on any atom is 0.264 e. The first-order chi connectivity index (χ1) is 13.6. The zero-order valence-corrected chi connectivity index (χ0v) is 16.3. The molecule has 0 N–H and O–H groups in total. The second-order valence-electron chi connectivity index (χ2n) is 6.66. The number of carbonyl (C=O) groups is 2. The summed E-state index contributed by atoms with van der Waals surface area (Å²) in [4.78, 5) is 30.5. The van der Waals surface area contributed by atoms with Crippen molar-refractivity contribution in [2.75, 3.05) is 26.2 Å². The molecule has 28 heavy (non-hydrogen) atoms. The Morgan fingerprint density at radius 2 is 1.75 bits per heavy atom. The number of benzene rings is 1. The molecule has 1 aromatic carbocycles. The summed E-state index contributed by atoms with van der Waals surface area (Å²) in [7, 11) is 0. The molecule has 8 nitrogen and oxygen atoms in total. The predicted molar refractivity (Wildman–Crippen MR) is 105 cm³/mol. The third-order valence-corrected chi connectivity index (χ3v) is 5.55. The average Bonchev–Trinajstić information content (AvgIpc) is 3.40. The molecule has 1 aliphatic heterocycles. The zero-order chi connectivity index (χ0) is 19.5. The number of hydrogen-bond donors (Lipinski definition) is 0. The van der Waals surface area contributed by atoms with Crippen LogP contribution in [0, 0.1) is 6.92 Å². The number of nitrogens with zero attached hydrogens (tertiary/aromatic N) is 6. The molecule has 0 atom stereocenters. The standard InChI is InChI=1S/C19H20N6O2S/c1-14-4-6-15(7-5-14)18-20-22-25(21-18)13-17(26)23-8-10-24(11-9-23)19(27)16-3-2-12-28-16/h2-7,12H,8-11,13H2,1H3. The van der Waals surface area contributed by atoms with Crippen LogP contribution in [-0.2, 0) is 11.3 Å². The van der Waals surface area contributed by atoms with Crippen LogP contribution in [0.3, 0.4) is 0 Å². The highest BCUT2D eigenvalue weighted by Crippen LogP contribution is 2.15. The van der Waals surface area contributed by atoms with Crippen molar-refractivity contribution in [2.24, 2.45) is 0 Å². The van der Waals surface area contributed by atoms with Crippen LogP contribution in [0.25, 0.3) is 11.4 Å². The average molecular weight is 396 g/mol. The van der Waals surface area contributed by atoms with Gasteiger partial charge in [-0.05, 0) is 23.6 Å². The van der Waals surface area contributed by atoms with Crippen molar-refractivity contribution < 1.29 is 9.59 Å². The largest absolute Gasteiger partial charge is 0.337 e. The van der Waals surface area contributed by atoms with Crippen LogP contribution in [0.1, 0.15) is 15.2 Å². The maximum absolute atomic E-state index is 12.6. The molecule has 3 heterocycles. The minimum absolute atomic E-state index is 0.0304. The van der Waals surface area contributed by atoms with Crippen molar-refractivity contribution in [3.63, 3.8) is 0 Å². The van der Waals surface area contributed by atoms with E-state index in [0.717, 1.165) is 16.0 Å². The van der Waals surface area contributed by atoms with Crippen molar-refractivity contribution >= 4 is 23.2 Å². The Bertz CT molecular complexity index is 959. The Morgan fingerprint density at radius 3 is 2.43 bits per heavy atom. The monoisotopic (exact) mass is 396 g/mol. The van der Waals surface area contributed by atoms with Crippen LogP contribution >= 0.6 is 11.3 Å². The van der Waals surface area contributed by atoms with Gasteiger partial charge in [-0.2, -0.15) is 4.80 Å². The molecule has 0 spiro atoms. The highest BCUT2D eigenvalue weighted by atomic mass is 32.1. The van der Waals surface area contributed by atoms with Gasteiger partial charge in [0, 0.05) is 31.7 Å². The van der Waals surface area contributed by atoms with Crippen molar-refractivity contribution in [2.45, 2.75) is 13.5 Å². The number of carbonyl (C=O) groups excluding carboxylic acids is 2. The minimum Gasteiger partial charge on any atom is -0.337 e. The molecule has 2 amide bonds. The fourth-order valence-electron chi connectivity index (χ4n) is 3.06. The van der Waals surface area contributed by atoms with E-state index >= 15 is 0 Å². The van der Waals surface area contributed by atoms with E-state index in [2.05, 4.69) is 15.4 Å². The molecule has 1 aliphatic rings. The van der Waals surface area contributed by atoms with Gasteiger partial charge in [-0.1, -0.05) is 35.9 Å². The molecule has 144 valence electrons. The lowest BCUT2D eigenvalue weighted by atomic mass is 10.1. The molecule has 0 radical (unpaired) electrons. The van der Waals surface area contributed by atoms with Gasteiger partial charge in [0.1, 0.15) is 6.54 Å². The molecule has 4 rings (SSSR count). The molecule has 2 aromatic heterocycles. The molecule has 0 aliphatic carbocycles. The topological polar surface area (TPSA) is 84.2 Å². The highest BCUT2D eigenvalue weighted by molar-refractivity contribution is 7.12. The normalized spacial score (nSPS) is 14.3. The Hall–Kier alpha value is -3.07. The van der Waals surface area contributed by atoms with Gasteiger partial charge in [0.05, 0.1) is 4.88 Å². The van der Waals surface area contributed by atoms with E-state index in [1.165, 1.54) is 16.1 Å². The van der Waals surface area contributed by atoms with Gasteiger partial charge in [0.15, 0.2) is 0 Å². The summed E-state index contributed by atoms with van der Waals surface area (Å²) in [6, 6.07) is 11.5. The molecule has 0 unspecified atom stereocenters. The van der Waals surface area contributed by atoms with E-state index in [4.69, 9.17) is 0 Å². The van der Waals surface area contributed by atoms with E-state index in [9.17, 15) is 9.59 Å². The number of aryl methyl sites for hydroxylation is 1. The fraction of sp³-hybridized carbons (Fsp3) is 0.316. The lowest BCUT2D eigenvalue weighted by molar-refractivity contribution is -0.133. The second kappa shape index (κ2) is 7.89.